The van der Waals surface area contributed by atoms with Gasteiger partial charge in [0.1, 0.15) is 11.6 Å². The third-order valence-corrected chi connectivity index (χ3v) is 2.67. The van der Waals surface area contributed by atoms with Gasteiger partial charge in [-0.25, -0.2) is 9.97 Å². The van der Waals surface area contributed by atoms with Crippen molar-refractivity contribution in [2.45, 2.75) is 20.3 Å². The molecule has 0 atom stereocenters. The monoisotopic (exact) mass is 243 g/mol. The number of nitrogens with two attached hydrogens (primary N) is 1. The second kappa shape index (κ2) is 3.83. The van der Waals surface area contributed by atoms with Crippen molar-refractivity contribution >= 4 is 11.5 Å². The van der Waals surface area contributed by atoms with Crippen molar-refractivity contribution in [3.8, 4) is 11.6 Å². The maximum Gasteiger partial charge on any atom is 0.200 e. The third-order valence-electron chi connectivity index (χ3n) is 2.67. The molecule has 0 spiro atoms. The van der Waals surface area contributed by atoms with Crippen LogP contribution in [0.3, 0.4) is 0 Å². The molecule has 0 bridgehead atoms. The molecular weight excluding hydrogens is 230 g/mol. The van der Waals surface area contributed by atoms with Crippen LogP contribution in [-0.2, 0) is 6.42 Å². The number of rotatable bonds is 2. The molecule has 6 nitrogen and oxygen atoms in total. The van der Waals surface area contributed by atoms with Crippen LogP contribution in [0.5, 0.6) is 0 Å². The Hall–Kier alpha value is -2.37. The molecule has 0 aromatic carbocycles. The summed E-state index contributed by atoms with van der Waals surface area (Å²) in [6, 6.07) is 5.43. The van der Waals surface area contributed by atoms with Crippen LogP contribution in [0.25, 0.3) is 17.2 Å². The Morgan fingerprint density at radius 2 is 2.17 bits per heavy atom. The van der Waals surface area contributed by atoms with Crippen molar-refractivity contribution in [1.29, 1.82) is 0 Å². The van der Waals surface area contributed by atoms with Crippen LogP contribution in [0.15, 0.2) is 22.6 Å². The minimum absolute atomic E-state index is 0.404. The Labute approximate surface area is 103 Å². The molecule has 0 radical (unpaired) electrons. The largest absolute Gasteiger partial charge is 0.458 e. The first-order valence-corrected chi connectivity index (χ1v) is 5.76. The number of aryl methyl sites for hydroxylation is 2. The van der Waals surface area contributed by atoms with Gasteiger partial charge in [0.05, 0.1) is 0 Å². The topological polar surface area (TPSA) is 82.2 Å². The first-order valence-electron chi connectivity index (χ1n) is 5.76. The molecule has 92 valence electrons. The highest BCUT2D eigenvalue weighted by molar-refractivity contribution is 5.58. The lowest BCUT2D eigenvalue weighted by molar-refractivity contribution is 0.541. The second-order valence-corrected chi connectivity index (χ2v) is 4.07. The van der Waals surface area contributed by atoms with E-state index in [0.29, 0.717) is 23.0 Å². The zero-order chi connectivity index (χ0) is 12.7. The van der Waals surface area contributed by atoms with Crippen LogP contribution in [0.4, 0.5) is 5.82 Å². The second-order valence-electron chi connectivity index (χ2n) is 4.07. The smallest absolute Gasteiger partial charge is 0.200 e. The Kier molecular flexibility index (Phi) is 2.29. The zero-order valence-corrected chi connectivity index (χ0v) is 10.2. The molecule has 3 heterocycles. The summed E-state index contributed by atoms with van der Waals surface area (Å²) in [5.41, 5.74) is 6.47. The Bertz CT molecular complexity index is 712. The van der Waals surface area contributed by atoms with Gasteiger partial charge in [-0.2, -0.15) is 4.52 Å². The van der Waals surface area contributed by atoms with Crippen LogP contribution in [0, 0.1) is 6.92 Å². The Balaban J connectivity index is 2.29. The molecule has 3 rings (SSSR count). The predicted molar refractivity (Wildman–Crippen MR) is 67.0 cm³/mol. The summed E-state index contributed by atoms with van der Waals surface area (Å²) < 4.78 is 7.23. The van der Waals surface area contributed by atoms with Gasteiger partial charge in [0, 0.05) is 12.5 Å². The van der Waals surface area contributed by atoms with Crippen molar-refractivity contribution < 1.29 is 4.42 Å². The van der Waals surface area contributed by atoms with E-state index in [0.717, 1.165) is 18.0 Å². The van der Waals surface area contributed by atoms with E-state index < -0.39 is 0 Å². The van der Waals surface area contributed by atoms with Crippen molar-refractivity contribution in [2.24, 2.45) is 0 Å². The third kappa shape index (κ3) is 1.62. The molecule has 2 N–H and O–H groups in total. The molecule has 3 aromatic heterocycles. The molecule has 0 unspecified atom stereocenters. The first-order chi connectivity index (χ1) is 8.67. The van der Waals surface area contributed by atoms with Gasteiger partial charge < -0.3 is 10.2 Å². The van der Waals surface area contributed by atoms with E-state index in [9.17, 15) is 0 Å². The number of aromatic nitrogens is 4. The molecule has 0 amide bonds. The molecule has 18 heavy (non-hydrogen) atoms. The molecule has 3 aromatic rings. The van der Waals surface area contributed by atoms with E-state index in [4.69, 9.17) is 10.2 Å². The van der Waals surface area contributed by atoms with Crippen molar-refractivity contribution in [3.05, 3.63) is 29.8 Å². The lowest BCUT2D eigenvalue weighted by atomic mass is 10.4. The number of furan rings is 1. The van der Waals surface area contributed by atoms with E-state index in [1.807, 2.05) is 26.0 Å². The zero-order valence-electron chi connectivity index (χ0n) is 10.2. The van der Waals surface area contributed by atoms with Gasteiger partial charge in [0.25, 0.3) is 0 Å². The van der Waals surface area contributed by atoms with E-state index in [1.165, 1.54) is 0 Å². The fourth-order valence-corrected chi connectivity index (χ4v) is 1.82. The van der Waals surface area contributed by atoms with Crippen LogP contribution >= 0.6 is 0 Å². The maximum atomic E-state index is 5.79. The average molecular weight is 243 g/mol. The van der Waals surface area contributed by atoms with E-state index in [2.05, 4.69) is 15.1 Å². The average Bonchev–Trinajstić information content (AvgIpc) is 2.93. The van der Waals surface area contributed by atoms with Gasteiger partial charge in [-0.15, -0.1) is 5.10 Å². The number of nitrogen functional groups attached to an aromatic ring is 1. The lowest BCUT2D eigenvalue weighted by Gasteiger charge is -2.01. The van der Waals surface area contributed by atoms with E-state index in [-0.39, 0.29) is 0 Å². The quantitative estimate of drug-likeness (QED) is 0.742. The first kappa shape index (κ1) is 10.8. The van der Waals surface area contributed by atoms with E-state index >= 15 is 0 Å². The number of hydrogen-bond donors (Lipinski definition) is 1. The molecule has 0 aliphatic carbocycles. The summed E-state index contributed by atoms with van der Waals surface area (Å²) in [5.74, 6) is 3.19. The fraction of sp³-hybridized carbons (Fsp3) is 0.250. The predicted octanol–water partition coefficient (Wildman–Crippen LogP) is 1.84. The Morgan fingerprint density at radius 3 is 2.83 bits per heavy atom. The summed E-state index contributed by atoms with van der Waals surface area (Å²) >= 11 is 0. The lowest BCUT2D eigenvalue weighted by Crippen LogP contribution is -2.01. The highest BCUT2D eigenvalue weighted by Gasteiger charge is 2.13. The van der Waals surface area contributed by atoms with E-state index in [1.54, 1.807) is 10.6 Å². The summed E-state index contributed by atoms with van der Waals surface area (Å²) in [5, 5.41) is 4.39. The molecule has 0 saturated carbocycles. The minimum atomic E-state index is 0.404. The highest BCUT2D eigenvalue weighted by Crippen LogP contribution is 2.22. The van der Waals surface area contributed by atoms with Crippen molar-refractivity contribution in [3.63, 3.8) is 0 Å². The summed E-state index contributed by atoms with van der Waals surface area (Å²) in [6.07, 6.45) is 0.762. The molecular formula is C12H13N5O. The number of hydrogen-bond acceptors (Lipinski definition) is 5. The van der Waals surface area contributed by atoms with Crippen LogP contribution in [0.1, 0.15) is 18.5 Å². The van der Waals surface area contributed by atoms with Crippen molar-refractivity contribution in [1.82, 2.24) is 19.6 Å². The van der Waals surface area contributed by atoms with Gasteiger partial charge >= 0.3 is 0 Å². The summed E-state index contributed by atoms with van der Waals surface area (Å²) in [6.45, 7) is 3.88. The number of nitrogens with zero attached hydrogens (tertiary/aromatic N) is 4. The molecule has 0 saturated heterocycles. The van der Waals surface area contributed by atoms with Crippen LogP contribution in [0.2, 0.25) is 0 Å². The van der Waals surface area contributed by atoms with Gasteiger partial charge in [-0.3, -0.25) is 0 Å². The molecule has 0 aliphatic heterocycles. The Morgan fingerprint density at radius 1 is 1.33 bits per heavy atom. The van der Waals surface area contributed by atoms with Gasteiger partial charge in [-0.1, -0.05) is 6.92 Å². The standard InChI is InChI=1S/C12H13N5O/c1-3-10-15-11-6-9(13)14-12(17(11)16-10)8-5-4-7(2)18-8/h4-6H,3,13H2,1-2H3. The molecule has 0 aliphatic rings. The highest BCUT2D eigenvalue weighted by atomic mass is 16.3. The normalized spacial score (nSPS) is 11.2. The van der Waals surface area contributed by atoms with Crippen LogP contribution < -0.4 is 5.73 Å². The fourth-order valence-electron chi connectivity index (χ4n) is 1.82. The van der Waals surface area contributed by atoms with Gasteiger partial charge in [-0.05, 0) is 19.1 Å². The minimum Gasteiger partial charge on any atom is -0.458 e. The number of anilines is 1. The van der Waals surface area contributed by atoms with Gasteiger partial charge in [0.15, 0.2) is 17.2 Å². The van der Waals surface area contributed by atoms with Crippen molar-refractivity contribution in [2.75, 3.05) is 5.73 Å². The van der Waals surface area contributed by atoms with Crippen LogP contribution in [-0.4, -0.2) is 19.6 Å². The van der Waals surface area contributed by atoms with Gasteiger partial charge in [0.2, 0.25) is 5.82 Å². The summed E-state index contributed by atoms with van der Waals surface area (Å²) in [4.78, 5) is 8.65. The maximum absolute atomic E-state index is 5.79. The molecule has 0 fully saturated rings. The number of fused-ring (bicyclic) bond motifs is 1. The SMILES string of the molecule is CCc1nc2cc(N)nc(-c3ccc(C)o3)n2n1. The molecule has 6 heteroatoms. The summed E-state index contributed by atoms with van der Waals surface area (Å²) in [7, 11) is 0.